The Morgan fingerprint density at radius 3 is 2.54 bits per heavy atom. The molecule has 24 heavy (non-hydrogen) atoms. The molecule has 1 heterocycles. The molecule has 2 amide bonds. The zero-order valence-corrected chi connectivity index (χ0v) is 13.5. The summed E-state index contributed by atoms with van der Waals surface area (Å²) in [4.78, 5) is 24.9. The van der Waals surface area contributed by atoms with Gasteiger partial charge in [0.2, 0.25) is 0 Å². The molecule has 5 heteroatoms. The number of carbonyl (C=O) groups is 2. The Labute approximate surface area is 140 Å². The summed E-state index contributed by atoms with van der Waals surface area (Å²) in [5.74, 6) is 0.554. The minimum atomic E-state index is -0.526. The first-order chi connectivity index (χ1) is 11.6. The van der Waals surface area contributed by atoms with Gasteiger partial charge in [-0.25, -0.2) is 4.79 Å². The van der Waals surface area contributed by atoms with Gasteiger partial charge in [0.1, 0.15) is 5.75 Å². The monoisotopic (exact) mass is 322 g/mol. The van der Waals surface area contributed by atoms with Crippen molar-refractivity contribution in [2.75, 3.05) is 7.11 Å². The van der Waals surface area contributed by atoms with E-state index in [0.29, 0.717) is 22.6 Å². The Balaban J connectivity index is 2.07. The molecule has 1 aliphatic heterocycles. The highest BCUT2D eigenvalue weighted by molar-refractivity contribution is 6.11. The van der Waals surface area contributed by atoms with Gasteiger partial charge in [-0.1, -0.05) is 42.5 Å². The first-order valence-electron chi connectivity index (χ1n) is 7.62. The van der Waals surface area contributed by atoms with Gasteiger partial charge in [0.25, 0.3) is 0 Å². The number of urea groups is 1. The van der Waals surface area contributed by atoms with Crippen molar-refractivity contribution in [3.63, 3.8) is 0 Å². The Morgan fingerprint density at radius 1 is 1.08 bits per heavy atom. The van der Waals surface area contributed by atoms with Gasteiger partial charge in [-0.3, -0.25) is 4.79 Å². The summed E-state index contributed by atoms with van der Waals surface area (Å²) in [6.07, 6.45) is 0. The summed E-state index contributed by atoms with van der Waals surface area (Å²) in [6, 6.07) is 15.5. The van der Waals surface area contributed by atoms with Crippen molar-refractivity contribution < 1.29 is 14.3 Å². The van der Waals surface area contributed by atoms with Crippen molar-refractivity contribution in [2.45, 2.75) is 13.0 Å². The second-order valence-corrected chi connectivity index (χ2v) is 5.54. The minimum Gasteiger partial charge on any atom is -0.497 e. The SMILES string of the molecule is COc1cccc(C2NC(=O)NC(C)=C2C(=O)c2ccccc2)c1. The van der Waals surface area contributed by atoms with Crippen LogP contribution < -0.4 is 15.4 Å². The predicted molar refractivity (Wildman–Crippen MR) is 90.9 cm³/mol. The Morgan fingerprint density at radius 2 is 1.83 bits per heavy atom. The average Bonchev–Trinajstić information content (AvgIpc) is 2.61. The fourth-order valence-electron chi connectivity index (χ4n) is 2.81. The lowest BCUT2D eigenvalue weighted by Gasteiger charge is -2.28. The Hall–Kier alpha value is -3.08. The maximum Gasteiger partial charge on any atom is 0.319 e. The molecule has 0 aliphatic carbocycles. The first kappa shape index (κ1) is 15.8. The molecule has 2 N–H and O–H groups in total. The fourth-order valence-corrected chi connectivity index (χ4v) is 2.81. The smallest absolute Gasteiger partial charge is 0.319 e. The second-order valence-electron chi connectivity index (χ2n) is 5.54. The standard InChI is InChI=1S/C19H18N2O3/c1-12-16(18(22)13-7-4-3-5-8-13)17(21-19(23)20-12)14-9-6-10-15(11-14)24-2/h3-11,17H,1-2H3,(H2,20,21,23). The molecule has 2 aromatic rings. The minimum absolute atomic E-state index is 0.117. The molecule has 3 rings (SSSR count). The number of ether oxygens (including phenoxy) is 1. The van der Waals surface area contributed by atoms with Crippen molar-refractivity contribution in [2.24, 2.45) is 0 Å². The van der Waals surface area contributed by atoms with Gasteiger partial charge in [-0.15, -0.1) is 0 Å². The third-order valence-electron chi connectivity index (χ3n) is 3.98. The number of methoxy groups -OCH3 is 1. The zero-order chi connectivity index (χ0) is 17.1. The third-order valence-corrected chi connectivity index (χ3v) is 3.98. The maximum atomic E-state index is 13.0. The summed E-state index contributed by atoms with van der Waals surface area (Å²) >= 11 is 0. The van der Waals surface area contributed by atoms with E-state index in [0.717, 1.165) is 5.56 Å². The molecular formula is C19H18N2O3. The van der Waals surface area contributed by atoms with Crippen LogP contribution in [0.5, 0.6) is 5.75 Å². The van der Waals surface area contributed by atoms with Gasteiger partial charge in [0.15, 0.2) is 5.78 Å². The molecule has 0 radical (unpaired) electrons. The van der Waals surface area contributed by atoms with Crippen molar-refractivity contribution in [3.8, 4) is 5.75 Å². The highest BCUT2D eigenvalue weighted by Crippen LogP contribution is 2.31. The van der Waals surface area contributed by atoms with Crippen LogP contribution in [-0.4, -0.2) is 18.9 Å². The lowest BCUT2D eigenvalue weighted by molar-refractivity contribution is 0.102. The number of amides is 2. The van der Waals surface area contributed by atoms with Crippen molar-refractivity contribution >= 4 is 11.8 Å². The fraction of sp³-hybridized carbons (Fsp3) is 0.158. The summed E-state index contributed by atoms with van der Waals surface area (Å²) in [7, 11) is 1.58. The molecule has 0 bridgehead atoms. The van der Waals surface area contributed by atoms with Gasteiger partial charge in [0.05, 0.1) is 13.2 Å². The van der Waals surface area contributed by atoms with Gasteiger partial charge in [0, 0.05) is 16.8 Å². The first-order valence-corrected chi connectivity index (χ1v) is 7.62. The highest BCUT2D eigenvalue weighted by Gasteiger charge is 2.31. The zero-order valence-electron chi connectivity index (χ0n) is 13.5. The van der Waals surface area contributed by atoms with Gasteiger partial charge in [-0.2, -0.15) is 0 Å². The molecule has 0 saturated heterocycles. The summed E-state index contributed by atoms with van der Waals surface area (Å²) < 4.78 is 5.25. The molecule has 0 fully saturated rings. The molecule has 2 aromatic carbocycles. The van der Waals surface area contributed by atoms with Crippen LogP contribution in [0.25, 0.3) is 0 Å². The van der Waals surface area contributed by atoms with E-state index in [9.17, 15) is 9.59 Å². The molecule has 122 valence electrons. The van der Waals surface area contributed by atoms with Crippen molar-refractivity contribution in [1.29, 1.82) is 0 Å². The summed E-state index contributed by atoms with van der Waals surface area (Å²) in [5, 5.41) is 5.52. The number of Topliss-reactive ketones (excluding diaryl/α,β-unsaturated/α-hetero) is 1. The number of benzene rings is 2. The van der Waals surface area contributed by atoms with Crippen LogP contribution in [0.3, 0.4) is 0 Å². The number of allylic oxidation sites excluding steroid dienone is 1. The van der Waals surface area contributed by atoms with Crippen LogP contribution in [0.15, 0.2) is 65.9 Å². The molecule has 0 aromatic heterocycles. The summed E-state index contributed by atoms with van der Waals surface area (Å²) in [6.45, 7) is 1.74. The molecule has 0 saturated carbocycles. The van der Waals surface area contributed by atoms with E-state index >= 15 is 0 Å². The van der Waals surface area contributed by atoms with Gasteiger partial charge < -0.3 is 15.4 Å². The number of hydrogen-bond acceptors (Lipinski definition) is 3. The Kier molecular flexibility index (Phi) is 4.33. The largest absolute Gasteiger partial charge is 0.497 e. The normalized spacial score (nSPS) is 17.1. The van der Waals surface area contributed by atoms with Gasteiger partial charge >= 0.3 is 6.03 Å². The van der Waals surface area contributed by atoms with E-state index in [1.807, 2.05) is 42.5 Å². The molecule has 5 nitrogen and oxygen atoms in total. The van der Waals surface area contributed by atoms with E-state index in [4.69, 9.17) is 4.74 Å². The van der Waals surface area contributed by atoms with Gasteiger partial charge in [-0.05, 0) is 24.6 Å². The van der Waals surface area contributed by atoms with Crippen LogP contribution in [0.1, 0.15) is 28.9 Å². The molecule has 0 spiro atoms. The Bertz CT molecular complexity index is 812. The van der Waals surface area contributed by atoms with Crippen molar-refractivity contribution in [3.05, 3.63) is 77.0 Å². The van der Waals surface area contributed by atoms with E-state index < -0.39 is 6.04 Å². The highest BCUT2D eigenvalue weighted by atomic mass is 16.5. The van der Waals surface area contributed by atoms with E-state index in [2.05, 4.69) is 10.6 Å². The maximum absolute atomic E-state index is 13.0. The second kappa shape index (κ2) is 6.58. The summed E-state index contributed by atoms with van der Waals surface area (Å²) in [5.41, 5.74) is 2.45. The third kappa shape index (κ3) is 3.01. The number of rotatable bonds is 4. The van der Waals surface area contributed by atoms with E-state index in [1.165, 1.54) is 0 Å². The number of ketones is 1. The van der Waals surface area contributed by atoms with Crippen LogP contribution in [0.4, 0.5) is 4.79 Å². The van der Waals surface area contributed by atoms with Crippen molar-refractivity contribution in [1.82, 2.24) is 10.6 Å². The van der Waals surface area contributed by atoms with Crippen LogP contribution in [-0.2, 0) is 0 Å². The number of carbonyl (C=O) groups excluding carboxylic acids is 2. The van der Waals surface area contributed by atoms with Crippen LogP contribution in [0, 0.1) is 0 Å². The molecule has 1 unspecified atom stereocenters. The van der Waals surface area contributed by atoms with Crippen LogP contribution in [0.2, 0.25) is 0 Å². The lowest BCUT2D eigenvalue weighted by Crippen LogP contribution is -2.45. The molecular weight excluding hydrogens is 304 g/mol. The lowest BCUT2D eigenvalue weighted by atomic mass is 9.89. The van der Waals surface area contributed by atoms with E-state index in [-0.39, 0.29) is 11.8 Å². The molecule has 1 atom stereocenters. The quantitative estimate of drug-likeness (QED) is 0.849. The number of hydrogen-bond donors (Lipinski definition) is 2. The topological polar surface area (TPSA) is 67.4 Å². The van der Waals surface area contributed by atoms with E-state index in [1.54, 1.807) is 26.2 Å². The average molecular weight is 322 g/mol. The number of nitrogens with one attached hydrogen (secondary N) is 2. The predicted octanol–water partition coefficient (Wildman–Crippen LogP) is 3.21. The van der Waals surface area contributed by atoms with Crippen LogP contribution >= 0.6 is 0 Å². The molecule has 1 aliphatic rings.